The minimum atomic E-state index is -0.0653. The molecule has 6 heteroatoms. The highest BCUT2D eigenvalue weighted by Crippen LogP contribution is 2.25. The standard InChI is InChI=1S/C22H27N3O3/c1-16-3-5-18(6-4-16)15-25-19-13-17(2)28-21(19)14-20(25)22(26)23-7-8-24-9-11-27-12-10-24/h3-6,13-14H,7-12,15H2,1-2H3,(H,23,26). The number of aryl methyl sites for hydroxylation is 2. The molecule has 1 fully saturated rings. The van der Waals surface area contributed by atoms with E-state index in [0.29, 0.717) is 18.8 Å². The fourth-order valence-corrected chi connectivity index (χ4v) is 3.64. The van der Waals surface area contributed by atoms with Gasteiger partial charge in [0, 0.05) is 44.9 Å². The lowest BCUT2D eigenvalue weighted by molar-refractivity contribution is 0.0383. The fraction of sp³-hybridized carbons (Fsp3) is 0.409. The number of morpholine rings is 1. The molecule has 1 amide bonds. The Morgan fingerprint density at radius 3 is 2.61 bits per heavy atom. The van der Waals surface area contributed by atoms with Gasteiger partial charge in [-0.15, -0.1) is 0 Å². The summed E-state index contributed by atoms with van der Waals surface area (Å²) in [5.41, 5.74) is 4.72. The molecule has 0 radical (unpaired) electrons. The van der Waals surface area contributed by atoms with Crippen LogP contribution in [0.4, 0.5) is 0 Å². The molecule has 148 valence electrons. The van der Waals surface area contributed by atoms with Gasteiger partial charge in [-0.25, -0.2) is 0 Å². The van der Waals surface area contributed by atoms with Gasteiger partial charge in [-0.05, 0) is 19.4 Å². The van der Waals surface area contributed by atoms with E-state index in [-0.39, 0.29) is 5.91 Å². The predicted octanol–water partition coefficient (Wildman–Crippen LogP) is 2.96. The van der Waals surface area contributed by atoms with Gasteiger partial charge in [0.15, 0.2) is 5.58 Å². The molecule has 0 unspecified atom stereocenters. The lowest BCUT2D eigenvalue weighted by Crippen LogP contribution is -2.41. The van der Waals surface area contributed by atoms with Gasteiger partial charge >= 0.3 is 0 Å². The number of ether oxygens (including phenoxy) is 1. The molecule has 3 heterocycles. The zero-order chi connectivity index (χ0) is 19.5. The number of nitrogens with zero attached hydrogens (tertiary/aromatic N) is 2. The van der Waals surface area contributed by atoms with E-state index < -0.39 is 0 Å². The summed E-state index contributed by atoms with van der Waals surface area (Å²) in [6, 6.07) is 12.2. The number of fused-ring (bicyclic) bond motifs is 1. The largest absolute Gasteiger partial charge is 0.460 e. The molecule has 1 N–H and O–H groups in total. The number of hydrogen-bond acceptors (Lipinski definition) is 4. The van der Waals surface area contributed by atoms with Crippen molar-refractivity contribution in [3.8, 4) is 0 Å². The van der Waals surface area contributed by atoms with Gasteiger partial charge in [-0.3, -0.25) is 9.69 Å². The number of furan rings is 1. The lowest BCUT2D eigenvalue weighted by Gasteiger charge is -2.26. The molecular weight excluding hydrogens is 354 g/mol. The normalized spacial score (nSPS) is 15.2. The van der Waals surface area contributed by atoms with Crippen LogP contribution >= 0.6 is 0 Å². The summed E-state index contributed by atoms with van der Waals surface area (Å²) in [6.45, 7) is 9.47. The summed E-state index contributed by atoms with van der Waals surface area (Å²) in [7, 11) is 0. The van der Waals surface area contributed by atoms with E-state index in [9.17, 15) is 4.79 Å². The van der Waals surface area contributed by atoms with Crippen molar-refractivity contribution in [1.82, 2.24) is 14.8 Å². The van der Waals surface area contributed by atoms with Crippen LogP contribution < -0.4 is 5.32 Å². The molecule has 1 aromatic carbocycles. The van der Waals surface area contributed by atoms with E-state index in [4.69, 9.17) is 9.15 Å². The first-order valence-corrected chi connectivity index (χ1v) is 9.84. The Bertz CT molecular complexity index is 949. The zero-order valence-electron chi connectivity index (χ0n) is 16.5. The molecule has 1 aliphatic rings. The number of benzene rings is 1. The molecule has 1 saturated heterocycles. The summed E-state index contributed by atoms with van der Waals surface area (Å²) in [6.07, 6.45) is 0. The molecule has 0 aliphatic carbocycles. The second kappa shape index (κ2) is 8.20. The van der Waals surface area contributed by atoms with Crippen molar-refractivity contribution in [2.45, 2.75) is 20.4 Å². The number of carbonyl (C=O) groups excluding carboxylic acids is 1. The van der Waals surface area contributed by atoms with Crippen molar-refractivity contribution in [3.63, 3.8) is 0 Å². The smallest absolute Gasteiger partial charge is 0.268 e. The van der Waals surface area contributed by atoms with Gasteiger partial charge in [0.05, 0.1) is 18.7 Å². The van der Waals surface area contributed by atoms with E-state index in [1.54, 1.807) is 0 Å². The highest BCUT2D eigenvalue weighted by Gasteiger charge is 2.19. The molecular formula is C22H27N3O3. The molecule has 2 aromatic heterocycles. The van der Waals surface area contributed by atoms with Crippen LogP contribution in [0, 0.1) is 13.8 Å². The van der Waals surface area contributed by atoms with Gasteiger partial charge in [-0.2, -0.15) is 0 Å². The van der Waals surface area contributed by atoms with Crippen LogP contribution in [0.2, 0.25) is 0 Å². The van der Waals surface area contributed by atoms with E-state index in [2.05, 4.69) is 41.4 Å². The molecule has 0 spiro atoms. The average molecular weight is 381 g/mol. The Labute approximate surface area is 165 Å². The van der Waals surface area contributed by atoms with Crippen molar-refractivity contribution in [2.75, 3.05) is 39.4 Å². The first-order chi connectivity index (χ1) is 13.6. The molecule has 28 heavy (non-hydrogen) atoms. The second-order valence-corrected chi connectivity index (χ2v) is 7.42. The summed E-state index contributed by atoms with van der Waals surface area (Å²) in [5.74, 6) is 0.784. The third-order valence-corrected chi connectivity index (χ3v) is 5.22. The van der Waals surface area contributed by atoms with Crippen LogP contribution in [0.1, 0.15) is 27.4 Å². The summed E-state index contributed by atoms with van der Waals surface area (Å²) in [4.78, 5) is 15.2. The third-order valence-electron chi connectivity index (χ3n) is 5.22. The Balaban J connectivity index is 1.51. The Morgan fingerprint density at radius 1 is 1.11 bits per heavy atom. The van der Waals surface area contributed by atoms with E-state index in [0.717, 1.165) is 55.3 Å². The van der Waals surface area contributed by atoms with E-state index >= 15 is 0 Å². The van der Waals surface area contributed by atoms with Crippen LogP contribution in [0.15, 0.2) is 40.8 Å². The van der Waals surface area contributed by atoms with Crippen molar-refractivity contribution < 1.29 is 13.9 Å². The number of amides is 1. The average Bonchev–Trinajstić information content (AvgIpc) is 3.21. The highest BCUT2D eigenvalue weighted by molar-refractivity contribution is 5.97. The minimum absolute atomic E-state index is 0.0653. The van der Waals surface area contributed by atoms with Crippen LogP contribution in [0.3, 0.4) is 0 Å². The maximum Gasteiger partial charge on any atom is 0.268 e. The van der Waals surface area contributed by atoms with E-state index in [1.807, 2.05) is 23.6 Å². The van der Waals surface area contributed by atoms with E-state index in [1.165, 1.54) is 5.56 Å². The summed E-state index contributed by atoms with van der Waals surface area (Å²) >= 11 is 0. The quantitative estimate of drug-likeness (QED) is 0.713. The second-order valence-electron chi connectivity index (χ2n) is 7.42. The molecule has 1 aliphatic heterocycles. The van der Waals surface area contributed by atoms with Gasteiger partial charge in [0.2, 0.25) is 0 Å². The van der Waals surface area contributed by atoms with Crippen molar-refractivity contribution >= 4 is 17.0 Å². The monoisotopic (exact) mass is 381 g/mol. The van der Waals surface area contributed by atoms with Crippen molar-refractivity contribution in [3.05, 3.63) is 59.0 Å². The summed E-state index contributed by atoms with van der Waals surface area (Å²) < 4.78 is 13.2. The predicted molar refractivity (Wildman–Crippen MR) is 109 cm³/mol. The SMILES string of the molecule is Cc1ccc(Cn2c(C(=O)NCCN3CCOCC3)cc3oc(C)cc32)cc1. The lowest BCUT2D eigenvalue weighted by atomic mass is 10.1. The molecule has 4 rings (SSSR count). The van der Waals surface area contributed by atoms with Gasteiger partial charge in [-0.1, -0.05) is 29.8 Å². The van der Waals surface area contributed by atoms with Crippen molar-refractivity contribution in [2.24, 2.45) is 0 Å². The van der Waals surface area contributed by atoms with Crippen LogP contribution in [0.25, 0.3) is 11.1 Å². The minimum Gasteiger partial charge on any atom is -0.460 e. The summed E-state index contributed by atoms with van der Waals surface area (Å²) in [5, 5.41) is 3.06. The van der Waals surface area contributed by atoms with Crippen LogP contribution in [-0.4, -0.2) is 54.8 Å². The maximum atomic E-state index is 12.9. The highest BCUT2D eigenvalue weighted by atomic mass is 16.5. The Hall–Kier alpha value is -2.57. The molecule has 0 saturated carbocycles. The fourth-order valence-electron chi connectivity index (χ4n) is 3.64. The molecule has 3 aromatic rings. The van der Waals surface area contributed by atoms with Crippen LogP contribution in [0.5, 0.6) is 0 Å². The first kappa shape index (κ1) is 18.8. The molecule has 6 nitrogen and oxygen atoms in total. The first-order valence-electron chi connectivity index (χ1n) is 9.84. The Kier molecular flexibility index (Phi) is 5.50. The number of hydrogen-bond donors (Lipinski definition) is 1. The maximum absolute atomic E-state index is 12.9. The number of rotatable bonds is 6. The van der Waals surface area contributed by atoms with Gasteiger partial charge in [0.1, 0.15) is 11.5 Å². The topological polar surface area (TPSA) is 59.6 Å². The third kappa shape index (κ3) is 4.13. The van der Waals surface area contributed by atoms with Gasteiger partial charge < -0.3 is 19.0 Å². The van der Waals surface area contributed by atoms with Crippen molar-refractivity contribution in [1.29, 1.82) is 0 Å². The number of nitrogens with one attached hydrogen (secondary N) is 1. The Morgan fingerprint density at radius 2 is 1.86 bits per heavy atom. The molecule has 0 atom stereocenters. The number of aromatic nitrogens is 1. The zero-order valence-corrected chi connectivity index (χ0v) is 16.5. The van der Waals surface area contributed by atoms with Gasteiger partial charge in [0.25, 0.3) is 5.91 Å². The van der Waals surface area contributed by atoms with Crippen LogP contribution in [-0.2, 0) is 11.3 Å². The molecule has 0 bridgehead atoms. The number of carbonyl (C=O) groups is 1.